The molecule has 0 bridgehead atoms. The largest absolute Gasteiger partial charge is 0.436 e. The van der Waals surface area contributed by atoms with Crippen LogP contribution < -0.4 is 15.0 Å². The Morgan fingerprint density at radius 3 is 2.88 bits per heavy atom. The van der Waals surface area contributed by atoms with E-state index in [1.54, 1.807) is 18.5 Å². The summed E-state index contributed by atoms with van der Waals surface area (Å²) in [5.41, 5.74) is 1.75. The number of nitrogens with zero attached hydrogens (tertiary/aromatic N) is 3. The molecule has 0 saturated carbocycles. The molecule has 6 nitrogen and oxygen atoms in total. The Morgan fingerprint density at radius 2 is 2.06 bits per heavy atom. The lowest BCUT2D eigenvalue weighted by molar-refractivity contribution is -0.125. The first-order valence-electron chi connectivity index (χ1n) is 10.5. The number of piperidine rings is 1. The molecule has 1 N–H and O–H groups in total. The molecule has 1 amide bonds. The third-order valence-electron chi connectivity index (χ3n) is 5.49. The second-order valence-electron chi connectivity index (χ2n) is 7.80. The molecule has 2 heterocycles. The fourth-order valence-electron chi connectivity index (χ4n) is 3.75. The van der Waals surface area contributed by atoms with Crippen molar-refractivity contribution in [3.63, 3.8) is 0 Å². The number of amides is 1. The monoisotopic (exact) mass is 454 g/mol. The average Bonchev–Trinajstić information content (AvgIpc) is 2.81. The minimum absolute atomic E-state index is 0.0458. The smallest absolute Gasteiger partial charge is 0.263 e. The molecule has 8 heteroatoms. The number of para-hydroxylation sites is 1. The molecular formula is C24H24ClFN4O2. The van der Waals surface area contributed by atoms with Crippen molar-refractivity contribution in [2.24, 2.45) is 5.92 Å². The number of anilines is 1. The molecule has 4 rings (SSSR count). The zero-order chi connectivity index (χ0) is 22.5. The average molecular weight is 455 g/mol. The normalized spacial score (nSPS) is 16.0. The third-order valence-corrected chi connectivity index (χ3v) is 5.78. The van der Waals surface area contributed by atoms with Crippen molar-refractivity contribution in [1.29, 1.82) is 0 Å². The summed E-state index contributed by atoms with van der Waals surface area (Å²) in [6.45, 7) is 3.54. The number of nitrogens with one attached hydrogen (secondary N) is 1. The van der Waals surface area contributed by atoms with Crippen molar-refractivity contribution >= 4 is 23.3 Å². The van der Waals surface area contributed by atoms with Crippen LogP contribution in [0.5, 0.6) is 11.6 Å². The maximum Gasteiger partial charge on any atom is 0.263 e. The van der Waals surface area contributed by atoms with Gasteiger partial charge in [-0.15, -0.1) is 0 Å². The molecule has 166 valence electrons. The van der Waals surface area contributed by atoms with Gasteiger partial charge in [0.1, 0.15) is 11.6 Å². The summed E-state index contributed by atoms with van der Waals surface area (Å²) < 4.78 is 19.4. The van der Waals surface area contributed by atoms with Gasteiger partial charge in [0.25, 0.3) is 5.88 Å². The predicted molar refractivity (Wildman–Crippen MR) is 121 cm³/mol. The maximum absolute atomic E-state index is 13.3. The van der Waals surface area contributed by atoms with Crippen LogP contribution in [-0.2, 0) is 11.3 Å². The zero-order valence-corrected chi connectivity index (χ0v) is 18.5. The van der Waals surface area contributed by atoms with Crippen molar-refractivity contribution in [1.82, 2.24) is 15.3 Å². The van der Waals surface area contributed by atoms with E-state index >= 15 is 0 Å². The van der Waals surface area contributed by atoms with Gasteiger partial charge in [-0.2, -0.15) is 0 Å². The van der Waals surface area contributed by atoms with Gasteiger partial charge >= 0.3 is 0 Å². The standard InChI is InChI=1S/C24H24ClFN4O2/c1-16-5-2-3-7-21(16)32-24-22(27-10-11-28-24)30-12-4-6-18(15-30)23(31)29-14-17-8-9-20(26)19(25)13-17/h2-3,5,7-11,13,18H,4,6,12,14-15H2,1H3,(H,29,31). The van der Waals surface area contributed by atoms with Crippen LogP contribution in [0.15, 0.2) is 54.9 Å². The van der Waals surface area contributed by atoms with Crippen molar-refractivity contribution in [2.45, 2.75) is 26.3 Å². The number of hydrogen-bond donors (Lipinski definition) is 1. The van der Waals surface area contributed by atoms with E-state index in [-0.39, 0.29) is 16.8 Å². The highest BCUT2D eigenvalue weighted by molar-refractivity contribution is 6.30. The molecule has 1 aromatic heterocycles. The van der Waals surface area contributed by atoms with Gasteiger partial charge in [-0.3, -0.25) is 4.79 Å². The number of ether oxygens (including phenoxy) is 1. The second-order valence-corrected chi connectivity index (χ2v) is 8.21. The summed E-state index contributed by atoms with van der Waals surface area (Å²) in [4.78, 5) is 23.7. The number of aryl methyl sites for hydroxylation is 1. The fraction of sp³-hybridized carbons (Fsp3) is 0.292. The van der Waals surface area contributed by atoms with E-state index < -0.39 is 5.82 Å². The fourth-order valence-corrected chi connectivity index (χ4v) is 3.95. The second kappa shape index (κ2) is 9.96. The number of rotatable bonds is 6. The van der Waals surface area contributed by atoms with E-state index in [1.165, 1.54) is 12.1 Å². The summed E-state index contributed by atoms with van der Waals surface area (Å²) >= 11 is 5.83. The molecule has 1 atom stereocenters. The highest BCUT2D eigenvalue weighted by Crippen LogP contribution is 2.32. The molecule has 1 aliphatic rings. The third kappa shape index (κ3) is 5.16. The van der Waals surface area contributed by atoms with Crippen molar-refractivity contribution in [3.8, 4) is 11.6 Å². The minimum atomic E-state index is -0.475. The van der Waals surface area contributed by atoms with Crippen molar-refractivity contribution < 1.29 is 13.9 Å². The summed E-state index contributed by atoms with van der Waals surface area (Å²) in [7, 11) is 0. The SMILES string of the molecule is Cc1ccccc1Oc1nccnc1N1CCCC(C(=O)NCc2ccc(F)c(Cl)c2)C1. The van der Waals surface area contributed by atoms with Crippen LogP contribution in [0.25, 0.3) is 0 Å². The van der Waals surface area contributed by atoms with Crippen LogP contribution in [0.4, 0.5) is 10.2 Å². The zero-order valence-electron chi connectivity index (χ0n) is 17.7. The van der Waals surface area contributed by atoms with Crippen LogP contribution in [0.2, 0.25) is 5.02 Å². The van der Waals surface area contributed by atoms with Crippen LogP contribution in [0.1, 0.15) is 24.0 Å². The molecular weight excluding hydrogens is 431 g/mol. The maximum atomic E-state index is 13.3. The van der Waals surface area contributed by atoms with Gasteiger partial charge < -0.3 is 15.0 Å². The van der Waals surface area contributed by atoms with Gasteiger partial charge in [0, 0.05) is 32.0 Å². The first-order chi connectivity index (χ1) is 15.5. The molecule has 1 saturated heterocycles. The van der Waals surface area contributed by atoms with Crippen LogP contribution in [0.3, 0.4) is 0 Å². The quantitative estimate of drug-likeness (QED) is 0.573. The van der Waals surface area contributed by atoms with E-state index in [9.17, 15) is 9.18 Å². The van der Waals surface area contributed by atoms with Gasteiger partial charge in [0.2, 0.25) is 5.91 Å². The summed E-state index contributed by atoms with van der Waals surface area (Å²) in [6.07, 6.45) is 4.85. The molecule has 2 aromatic carbocycles. The van der Waals surface area contributed by atoms with E-state index in [0.717, 1.165) is 36.3 Å². The van der Waals surface area contributed by atoms with E-state index in [0.29, 0.717) is 24.8 Å². The lowest BCUT2D eigenvalue weighted by Gasteiger charge is -2.33. The van der Waals surface area contributed by atoms with Gasteiger partial charge in [0.15, 0.2) is 5.82 Å². The van der Waals surface area contributed by atoms with Gasteiger partial charge in [-0.25, -0.2) is 14.4 Å². The van der Waals surface area contributed by atoms with Crippen molar-refractivity contribution in [3.05, 3.63) is 76.8 Å². The predicted octanol–water partition coefficient (Wildman–Crippen LogP) is 4.90. The minimum Gasteiger partial charge on any atom is -0.436 e. The number of carbonyl (C=O) groups excluding carboxylic acids is 1. The number of carbonyl (C=O) groups is 1. The molecule has 1 fully saturated rings. The van der Waals surface area contributed by atoms with Crippen LogP contribution in [0, 0.1) is 18.7 Å². The Bertz CT molecular complexity index is 1110. The Balaban J connectivity index is 1.43. The Kier molecular flexibility index (Phi) is 6.85. The summed E-state index contributed by atoms with van der Waals surface area (Å²) in [5.74, 6) is 1.03. The first kappa shape index (κ1) is 22.0. The molecule has 1 aliphatic heterocycles. The molecule has 0 spiro atoms. The lowest BCUT2D eigenvalue weighted by Crippen LogP contribution is -2.43. The van der Waals surface area contributed by atoms with Crippen LogP contribution in [-0.4, -0.2) is 29.0 Å². The van der Waals surface area contributed by atoms with Gasteiger partial charge in [0.05, 0.1) is 10.9 Å². The van der Waals surface area contributed by atoms with E-state index in [1.807, 2.05) is 36.1 Å². The lowest BCUT2D eigenvalue weighted by atomic mass is 9.97. The number of hydrogen-bond acceptors (Lipinski definition) is 5. The topological polar surface area (TPSA) is 67.4 Å². The van der Waals surface area contributed by atoms with Crippen molar-refractivity contribution in [2.75, 3.05) is 18.0 Å². The Morgan fingerprint density at radius 1 is 1.25 bits per heavy atom. The van der Waals surface area contributed by atoms with Crippen LogP contribution >= 0.6 is 11.6 Å². The molecule has 1 unspecified atom stereocenters. The number of aromatic nitrogens is 2. The summed E-state index contributed by atoms with van der Waals surface area (Å²) in [5, 5.41) is 2.98. The Labute approximate surface area is 191 Å². The Hall–Kier alpha value is -3.19. The molecule has 3 aromatic rings. The van der Waals surface area contributed by atoms with E-state index in [2.05, 4.69) is 15.3 Å². The molecule has 0 aliphatic carbocycles. The molecule has 0 radical (unpaired) electrons. The first-order valence-corrected chi connectivity index (χ1v) is 10.9. The number of benzene rings is 2. The molecule has 32 heavy (non-hydrogen) atoms. The highest BCUT2D eigenvalue weighted by atomic mass is 35.5. The van der Waals surface area contributed by atoms with Gasteiger partial charge in [-0.05, 0) is 49.1 Å². The summed E-state index contributed by atoms with van der Waals surface area (Å²) in [6, 6.07) is 12.2. The van der Waals surface area contributed by atoms with E-state index in [4.69, 9.17) is 16.3 Å². The highest BCUT2D eigenvalue weighted by Gasteiger charge is 2.28. The van der Waals surface area contributed by atoms with Gasteiger partial charge in [-0.1, -0.05) is 35.9 Å². The number of halogens is 2.